The van der Waals surface area contributed by atoms with E-state index in [-0.39, 0.29) is 11.7 Å². The molecule has 0 spiro atoms. The van der Waals surface area contributed by atoms with Gasteiger partial charge in [-0.25, -0.2) is 4.39 Å². The summed E-state index contributed by atoms with van der Waals surface area (Å²) in [6, 6.07) is 8.72. The van der Waals surface area contributed by atoms with Crippen LogP contribution in [-0.2, 0) is 6.54 Å². The Hall–Kier alpha value is -1.68. The van der Waals surface area contributed by atoms with Gasteiger partial charge in [-0.05, 0) is 50.5 Å². The molecular formula is C17H18FNOS. The molecule has 21 heavy (non-hydrogen) atoms. The van der Waals surface area contributed by atoms with Gasteiger partial charge >= 0.3 is 0 Å². The van der Waals surface area contributed by atoms with Crippen molar-refractivity contribution >= 4 is 17.2 Å². The molecule has 4 heteroatoms. The third-order valence-corrected chi connectivity index (χ3v) is 4.75. The minimum absolute atomic E-state index is 0.101. The molecule has 0 atom stereocenters. The van der Waals surface area contributed by atoms with E-state index in [1.807, 2.05) is 24.8 Å². The molecule has 1 heterocycles. The molecule has 0 saturated heterocycles. The minimum atomic E-state index is -0.243. The SMILES string of the molecule is Cc1cc(C(=O)N(Cc2ccc(F)cc2)C2CC2)c(C)s1. The van der Waals surface area contributed by atoms with Crippen LogP contribution in [0.3, 0.4) is 0 Å². The topological polar surface area (TPSA) is 20.3 Å². The molecule has 1 fully saturated rings. The van der Waals surface area contributed by atoms with Gasteiger partial charge in [0.2, 0.25) is 0 Å². The van der Waals surface area contributed by atoms with Crippen molar-refractivity contribution in [2.75, 3.05) is 0 Å². The molecule has 0 unspecified atom stereocenters. The summed E-state index contributed by atoms with van der Waals surface area (Å²) in [5.41, 5.74) is 1.78. The molecule has 110 valence electrons. The number of nitrogens with zero attached hydrogens (tertiary/aromatic N) is 1. The Morgan fingerprint density at radius 2 is 1.95 bits per heavy atom. The van der Waals surface area contributed by atoms with Gasteiger partial charge in [0.05, 0.1) is 5.56 Å². The smallest absolute Gasteiger partial charge is 0.255 e. The highest BCUT2D eigenvalue weighted by Gasteiger charge is 2.33. The fourth-order valence-electron chi connectivity index (χ4n) is 2.54. The molecule has 1 saturated carbocycles. The second-order valence-corrected chi connectivity index (χ2v) is 7.08. The van der Waals surface area contributed by atoms with Crippen LogP contribution >= 0.6 is 11.3 Å². The van der Waals surface area contributed by atoms with E-state index in [1.165, 1.54) is 12.1 Å². The Morgan fingerprint density at radius 3 is 2.48 bits per heavy atom. The monoisotopic (exact) mass is 303 g/mol. The van der Waals surface area contributed by atoms with Crippen LogP contribution in [0.4, 0.5) is 4.39 Å². The largest absolute Gasteiger partial charge is 0.331 e. The van der Waals surface area contributed by atoms with Crippen molar-refractivity contribution in [2.45, 2.75) is 39.3 Å². The zero-order valence-electron chi connectivity index (χ0n) is 12.2. The summed E-state index contributed by atoms with van der Waals surface area (Å²) in [5.74, 6) is -0.143. The molecule has 0 radical (unpaired) electrons. The number of carbonyl (C=O) groups is 1. The molecule has 2 aromatic rings. The number of halogens is 1. The van der Waals surface area contributed by atoms with Crippen molar-refractivity contribution in [1.82, 2.24) is 4.90 Å². The van der Waals surface area contributed by atoms with Gasteiger partial charge in [-0.1, -0.05) is 12.1 Å². The molecule has 1 amide bonds. The quantitative estimate of drug-likeness (QED) is 0.824. The summed E-state index contributed by atoms with van der Waals surface area (Å²) in [5, 5.41) is 0. The van der Waals surface area contributed by atoms with E-state index >= 15 is 0 Å². The lowest BCUT2D eigenvalue weighted by atomic mass is 10.1. The van der Waals surface area contributed by atoms with Gasteiger partial charge in [0.25, 0.3) is 5.91 Å². The number of aryl methyl sites for hydroxylation is 2. The first-order chi connectivity index (χ1) is 10.0. The summed E-state index contributed by atoms with van der Waals surface area (Å²) < 4.78 is 13.0. The average Bonchev–Trinajstić information content (AvgIpc) is 3.22. The van der Waals surface area contributed by atoms with Gasteiger partial charge in [-0.3, -0.25) is 4.79 Å². The van der Waals surface area contributed by atoms with E-state index in [1.54, 1.807) is 23.5 Å². The molecule has 0 N–H and O–H groups in total. The number of carbonyl (C=O) groups excluding carboxylic acids is 1. The van der Waals surface area contributed by atoms with Crippen LogP contribution in [0.15, 0.2) is 30.3 Å². The maximum absolute atomic E-state index is 13.0. The zero-order chi connectivity index (χ0) is 15.0. The molecule has 1 aliphatic carbocycles. The summed E-state index contributed by atoms with van der Waals surface area (Å²) in [4.78, 5) is 17.0. The summed E-state index contributed by atoms with van der Waals surface area (Å²) in [6.07, 6.45) is 2.13. The van der Waals surface area contributed by atoms with Crippen molar-refractivity contribution in [3.63, 3.8) is 0 Å². The van der Waals surface area contributed by atoms with E-state index in [2.05, 4.69) is 0 Å². The van der Waals surface area contributed by atoms with Crippen molar-refractivity contribution in [3.05, 3.63) is 57.0 Å². The Labute approximate surface area is 128 Å². The van der Waals surface area contributed by atoms with Crippen LogP contribution in [0.25, 0.3) is 0 Å². The third kappa shape index (κ3) is 3.16. The lowest BCUT2D eigenvalue weighted by Gasteiger charge is -2.22. The molecule has 1 aromatic heterocycles. The Bertz CT molecular complexity index is 658. The summed E-state index contributed by atoms with van der Waals surface area (Å²) in [6.45, 7) is 4.57. The highest BCUT2D eigenvalue weighted by Crippen LogP contribution is 2.32. The van der Waals surface area contributed by atoms with Crippen molar-refractivity contribution in [3.8, 4) is 0 Å². The summed E-state index contributed by atoms with van der Waals surface area (Å²) >= 11 is 1.66. The second-order valence-electron chi connectivity index (χ2n) is 5.62. The van der Waals surface area contributed by atoms with Crippen LogP contribution in [0, 0.1) is 19.7 Å². The van der Waals surface area contributed by atoms with Gasteiger partial charge < -0.3 is 4.90 Å². The summed E-state index contributed by atoms with van der Waals surface area (Å²) in [7, 11) is 0. The molecule has 1 aliphatic rings. The molecular weight excluding hydrogens is 285 g/mol. The highest BCUT2D eigenvalue weighted by atomic mass is 32.1. The van der Waals surface area contributed by atoms with Gasteiger partial charge in [-0.15, -0.1) is 11.3 Å². The van der Waals surface area contributed by atoms with E-state index in [9.17, 15) is 9.18 Å². The van der Waals surface area contributed by atoms with E-state index in [0.29, 0.717) is 12.6 Å². The first kappa shape index (κ1) is 14.3. The maximum atomic E-state index is 13.0. The van der Waals surface area contributed by atoms with Crippen LogP contribution in [0.5, 0.6) is 0 Å². The fraction of sp³-hybridized carbons (Fsp3) is 0.353. The van der Waals surface area contributed by atoms with E-state index in [0.717, 1.165) is 33.7 Å². The standard InChI is InChI=1S/C17H18FNOS/c1-11-9-16(12(2)21-11)17(20)19(15-7-8-15)10-13-3-5-14(18)6-4-13/h3-6,9,15H,7-8,10H2,1-2H3. The van der Waals surface area contributed by atoms with Gasteiger partial charge in [-0.2, -0.15) is 0 Å². The first-order valence-corrected chi connectivity index (χ1v) is 7.98. The van der Waals surface area contributed by atoms with E-state index < -0.39 is 0 Å². The minimum Gasteiger partial charge on any atom is -0.331 e. The molecule has 2 nitrogen and oxygen atoms in total. The first-order valence-electron chi connectivity index (χ1n) is 7.17. The van der Waals surface area contributed by atoms with Crippen LogP contribution in [-0.4, -0.2) is 16.8 Å². The second kappa shape index (κ2) is 5.60. The number of rotatable bonds is 4. The van der Waals surface area contributed by atoms with E-state index in [4.69, 9.17) is 0 Å². The van der Waals surface area contributed by atoms with Gasteiger partial charge in [0, 0.05) is 22.3 Å². The molecule has 3 rings (SSSR count). The predicted octanol–water partition coefficient (Wildman–Crippen LogP) is 4.31. The predicted molar refractivity (Wildman–Crippen MR) is 83.1 cm³/mol. The number of thiophene rings is 1. The van der Waals surface area contributed by atoms with Gasteiger partial charge in [0.1, 0.15) is 5.82 Å². The maximum Gasteiger partial charge on any atom is 0.255 e. The van der Waals surface area contributed by atoms with Crippen LogP contribution < -0.4 is 0 Å². The molecule has 0 aliphatic heterocycles. The van der Waals surface area contributed by atoms with Crippen LogP contribution in [0.1, 0.15) is 38.5 Å². The lowest BCUT2D eigenvalue weighted by molar-refractivity contribution is 0.0730. The van der Waals surface area contributed by atoms with Gasteiger partial charge in [0.15, 0.2) is 0 Å². The Morgan fingerprint density at radius 1 is 1.29 bits per heavy atom. The number of amides is 1. The third-order valence-electron chi connectivity index (χ3n) is 3.79. The normalized spacial score (nSPS) is 14.2. The number of benzene rings is 1. The highest BCUT2D eigenvalue weighted by molar-refractivity contribution is 7.12. The van der Waals surface area contributed by atoms with Crippen LogP contribution in [0.2, 0.25) is 0 Å². The van der Waals surface area contributed by atoms with Crippen molar-refractivity contribution in [1.29, 1.82) is 0 Å². The lowest BCUT2D eigenvalue weighted by Crippen LogP contribution is -2.32. The fourth-order valence-corrected chi connectivity index (χ4v) is 3.45. The average molecular weight is 303 g/mol. The van der Waals surface area contributed by atoms with Crippen molar-refractivity contribution < 1.29 is 9.18 Å². The van der Waals surface area contributed by atoms with Crippen molar-refractivity contribution in [2.24, 2.45) is 0 Å². The molecule has 1 aromatic carbocycles. The number of hydrogen-bond donors (Lipinski definition) is 0. The Kier molecular flexibility index (Phi) is 3.81. The Balaban J connectivity index is 1.83. The number of hydrogen-bond acceptors (Lipinski definition) is 2. The zero-order valence-corrected chi connectivity index (χ0v) is 13.0. The molecule has 0 bridgehead atoms.